The van der Waals surface area contributed by atoms with Gasteiger partial charge < -0.3 is 5.32 Å². The molecule has 0 radical (unpaired) electrons. The fraction of sp³-hybridized carbons (Fsp3) is 0.462. The van der Waals surface area contributed by atoms with E-state index in [0.717, 1.165) is 6.07 Å². The molecule has 1 fully saturated rings. The van der Waals surface area contributed by atoms with Gasteiger partial charge in [-0.2, -0.15) is 17.5 Å². The molecule has 11 heteroatoms. The molecule has 1 heterocycles. The molecule has 1 atom stereocenters. The van der Waals surface area contributed by atoms with E-state index in [1.54, 1.807) is 0 Å². The summed E-state index contributed by atoms with van der Waals surface area (Å²) in [6.45, 7) is -0.884. The van der Waals surface area contributed by atoms with Gasteiger partial charge in [0, 0.05) is 18.8 Å². The maximum absolute atomic E-state index is 13.3. The average molecular weight is 389 g/mol. The molecule has 24 heavy (non-hydrogen) atoms. The Labute approximate surface area is 140 Å². The predicted molar refractivity (Wildman–Crippen MR) is 79.3 cm³/mol. The summed E-state index contributed by atoms with van der Waals surface area (Å²) < 4.78 is 74.2. The maximum atomic E-state index is 13.3. The summed E-state index contributed by atoms with van der Waals surface area (Å²) in [5.41, 5.74) is -5.33. The van der Waals surface area contributed by atoms with Crippen molar-refractivity contribution in [2.24, 2.45) is 5.92 Å². The molecular formula is C13H13ClF4N2O3S. The third kappa shape index (κ3) is 3.98. The van der Waals surface area contributed by atoms with Gasteiger partial charge in [0.05, 0.1) is 10.9 Å². The molecule has 0 spiro atoms. The summed E-state index contributed by atoms with van der Waals surface area (Å²) in [6.07, 6.45) is 0.341. The Morgan fingerprint density at radius 3 is 2.58 bits per heavy atom. The van der Waals surface area contributed by atoms with Gasteiger partial charge in [-0.05, 0) is 31.0 Å². The monoisotopic (exact) mass is 388 g/mol. The van der Waals surface area contributed by atoms with Crippen LogP contribution >= 0.6 is 11.6 Å². The van der Waals surface area contributed by atoms with Crippen LogP contribution < -0.4 is 5.32 Å². The van der Waals surface area contributed by atoms with E-state index in [1.807, 2.05) is 0 Å². The Morgan fingerprint density at radius 1 is 1.33 bits per heavy atom. The molecule has 0 unspecified atom stereocenters. The van der Waals surface area contributed by atoms with Crippen LogP contribution in [-0.4, -0.2) is 37.2 Å². The van der Waals surface area contributed by atoms with Gasteiger partial charge in [-0.3, -0.25) is 4.79 Å². The number of piperidine rings is 1. The molecule has 1 amide bonds. The number of rotatable bonds is 3. The zero-order valence-electron chi connectivity index (χ0n) is 12.1. The third-order valence-electron chi connectivity index (χ3n) is 3.57. The number of nitrogens with zero attached hydrogens (tertiary/aromatic N) is 1. The molecule has 1 N–H and O–H groups in total. The lowest BCUT2D eigenvalue weighted by Gasteiger charge is -2.31. The predicted octanol–water partition coefficient (Wildman–Crippen LogP) is 2.98. The lowest BCUT2D eigenvalue weighted by molar-refractivity contribution is -0.121. The normalized spacial score (nSPS) is 20.0. The van der Waals surface area contributed by atoms with E-state index >= 15 is 0 Å². The van der Waals surface area contributed by atoms with E-state index in [-0.39, 0.29) is 34.4 Å². The van der Waals surface area contributed by atoms with E-state index in [9.17, 15) is 30.8 Å². The number of carbonyl (C=O) groups is 1. The van der Waals surface area contributed by atoms with E-state index in [0.29, 0.717) is 0 Å². The first kappa shape index (κ1) is 18.9. The standard InChI is InChI=1S/C13H13ClF4N2O3S/c14-10-4-3-9(6-11(10)15)19-12(21)8-2-1-5-20(7-8)24(22,23)13(16,17)18/h3-4,6,8H,1-2,5,7H2,(H,19,21)/t8-/m0/s1. The second-order valence-electron chi connectivity index (χ2n) is 5.27. The van der Waals surface area contributed by atoms with Crippen LogP contribution in [0.1, 0.15) is 12.8 Å². The third-order valence-corrected chi connectivity index (χ3v) is 5.48. The molecule has 0 aromatic heterocycles. The lowest BCUT2D eigenvalue weighted by atomic mass is 9.99. The van der Waals surface area contributed by atoms with Crippen LogP contribution in [0.3, 0.4) is 0 Å². The van der Waals surface area contributed by atoms with Gasteiger partial charge in [-0.15, -0.1) is 0 Å². The molecule has 1 aliphatic rings. The summed E-state index contributed by atoms with van der Waals surface area (Å²) in [5.74, 6) is -2.41. The quantitative estimate of drug-likeness (QED) is 0.809. The summed E-state index contributed by atoms with van der Waals surface area (Å²) in [6, 6.07) is 3.51. The minimum absolute atomic E-state index is 0.0812. The molecule has 0 saturated carbocycles. The SMILES string of the molecule is O=C(Nc1ccc(Cl)c(F)c1)[C@H]1CCCN(S(=O)(=O)C(F)(F)F)C1. The largest absolute Gasteiger partial charge is 0.511 e. The van der Waals surface area contributed by atoms with Gasteiger partial charge in [0.15, 0.2) is 0 Å². The number of carbonyl (C=O) groups excluding carboxylic acids is 1. The van der Waals surface area contributed by atoms with Crippen LogP contribution in [0.4, 0.5) is 23.2 Å². The zero-order valence-corrected chi connectivity index (χ0v) is 13.7. The van der Waals surface area contributed by atoms with Crippen molar-refractivity contribution in [2.45, 2.75) is 18.3 Å². The molecule has 1 aliphatic heterocycles. The fourth-order valence-corrected chi connectivity index (χ4v) is 3.50. The van der Waals surface area contributed by atoms with Crippen molar-refractivity contribution in [3.8, 4) is 0 Å². The van der Waals surface area contributed by atoms with Crippen LogP contribution in [0.15, 0.2) is 18.2 Å². The zero-order chi connectivity index (χ0) is 18.1. The first-order valence-corrected chi connectivity index (χ1v) is 8.66. The van der Waals surface area contributed by atoms with Gasteiger partial charge in [-0.25, -0.2) is 12.8 Å². The lowest BCUT2D eigenvalue weighted by Crippen LogP contribution is -2.48. The molecule has 0 aliphatic carbocycles. The molecule has 1 saturated heterocycles. The highest BCUT2D eigenvalue weighted by atomic mass is 35.5. The topological polar surface area (TPSA) is 66.5 Å². The number of nitrogens with one attached hydrogen (secondary N) is 1. The molecule has 0 bridgehead atoms. The first-order valence-electron chi connectivity index (χ1n) is 6.84. The second-order valence-corrected chi connectivity index (χ2v) is 7.60. The van der Waals surface area contributed by atoms with Crippen molar-refractivity contribution in [2.75, 3.05) is 18.4 Å². The number of sulfonamides is 1. The number of alkyl halides is 3. The van der Waals surface area contributed by atoms with Gasteiger partial charge in [0.2, 0.25) is 5.91 Å². The Kier molecular flexibility index (Phi) is 5.41. The van der Waals surface area contributed by atoms with Crippen molar-refractivity contribution in [3.63, 3.8) is 0 Å². The van der Waals surface area contributed by atoms with Crippen LogP contribution in [0, 0.1) is 11.7 Å². The van der Waals surface area contributed by atoms with Gasteiger partial charge in [0.1, 0.15) is 5.82 Å². The Bertz CT molecular complexity index is 739. The Balaban J connectivity index is 2.09. The number of hydrogen-bond donors (Lipinski definition) is 1. The van der Waals surface area contributed by atoms with Crippen LogP contribution in [0.5, 0.6) is 0 Å². The van der Waals surface area contributed by atoms with E-state index in [4.69, 9.17) is 11.6 Å². The Hall–Kier alpha value is -1.39. The number of anilines is 1. The molecular weight excluding hydrogens is 376 g/mol. The first-order chi connectivity index (χ1) is 11.0. The molecule has 134 valence electrons. The van der Waals surface area contributed by atoms with E-state index in [1.165, 1.54) is 12.1 Å². The van der Waals surface area contributed by atoms with Gasteiger partial charge >= 0.3 is 15.5 Å². The van der Waals surface area contributed by atoms with Gasteiger partial charge in [-0.1, -0.05) is 11.6 Å². The van der Waals surface area contributed by atoms with Crippen molar-refractivity contribution < 1.29 is 30.8 Å². The van der Waals surface area contributed by atoms with Crippen LogP contribution in [-0.2, 0) is 14.8 Å². The summed E-state index contributed by atoms with van der Waals surface area (Å²) >= 11 is 5.51. The highest BCUT2D eigenvalue weighted by molar-refractivity contribution is 7.90. The highest BCUT2D eigenvalue weighted by Gasteiger charge is 2.51. The van der Waals surface area contributed by atoms with Crippen LogP contribution in [0.2, 0.25) is 5.02 Å². The smallest absolute Gasteiger partial charge is 0.326 e. The number of halogens is 5. The molecule has 1 aromatic carbocycles. The summed E-state index contributed by atoms with van der Waals surface area (Å²) in [7, 11) is -5.48. The maximum Gasteiger partial charge on any atom is 0.511 e. The van der Waals surface area contributed by atoms with Crippen molar-refractivity contribution >= 4 is 33.2 Å². The van der Waals surface area contributed by atoms with E-state index in [2.05, 4.69) is 5.32 Å². The molecule has 5 nitrogen and oxygen atoms in total. The van der Waals surface area contributed by atoms with Crippen LogP contribution in [0.25, 0.3) is 0 Å². The van der Waals surface area contributed by atoms with Crippen molar-refractivity contribution in [1.82, 2.24) is 4.31 Å². The highest BCUT2D eigenvalue weighted by Crippen LogP contribution is 2.31. The number of hydrogen-bond acceptors (Lipinski definition) is 3. The van der Waals surface area contributed by atoms with E-state index < -0.39 is 39.7 Å². The minimum Gasteiger partial charge on any atom is -0.326 e. The van der Waals surface area contributed by atoms with Crippen molar-refractivity contribution in [3.05, 3.63) is 29.0 Å². The molecule has 2 rings (SSSR count). The van der Waals surface area contributed by atoms with Crippen molar-refractivity contribution in [1.29, 1.82) is 0 Å². The number of benzene rings is 1. The number of amides is 1. The fourth-order valence-electron chi connectivity index (χ4n) is 2.34. The minimum atomic E-state index is -5.48. The molecule has 1 aromatic rings. The average Bonchev–Trinajstić information content (AvgIpc) is 2.50. The second kappa shape index (κ2) is 6.85. The Morgan fingerprint density at radius 2 is 2.00 bits per heavy atom. The summed E-state index contributed by atoms with van der Waals surface area (Å²) in [4.78, 5) is 12.1. The summed E-state index contributed by atoms with van der Waals surface area (Å²) in [5, 5.41) is 2.20. The van der Waals surface area contributed by atoms with Gasteiger partial charge in [0.25, 0.3) is 0 Å².